The van der Waals surface area contributed by atoms with Gasteiger partial charge in [-0.05, 0) is 99.2 Å². The van der Waals surface area contributed by atoms with E-state index in [-0.39, 0.29) is 54.2 Å². The normalized spacial score (nSPS) is 18.6. The molecule has 0 radical (unpaired) electrons. The van der Waals surface area contributed by atoms with E-state index in [0.717, 1.165) is 56.0 Å². The van der Waals surface area contributed by atoms with Crippen LogP contribution in [0.1, 0.15) is 87.7 Å². The highest BCUT2D eigenvalue weighted by atomic mass is 19.2. The van der Waals surface area contributed by atoms with Crippen LogP contribution < -0.4 is 26.2 Å². The molecule has 20 heteroatoms. The summed E-state index contributed by atoms with van der Waals surface area (Å²) in [6.45, 7) is 5.24. The van der Waals surface area contributed by atoms with Gasteiger partial charge < -0.3 is 24.6 Å². The molecule has 6 amide bonds. The summed E-state index contributed by atoms with van der Waals surface area (Å²) in [7, 11) is 0. The fourth-order valence-corrected chi connectivity index (χ4v) is 10.7. The molecular formula is C54H49F2N11O7. The second-order valence-corrected chi connectivity index (χ2v) is 19.0. The van der Waals surface area contributed by atoms with Gasteiger partial charge in [-0.15, -0.1) is 0 Å². The van der Waals surface area contributed by atoms with Crippen molar-refractivity contribution >= 4 is 63.5 Å². The van der Waals surface area contributed by atoms with Crippen LogP contribution >= 0.6 is 0 Å². The summed E-state index contributed by atoms with van der Waals surface area (Å²) >= 11 is 0. The van der Waals surface area contributed by atoms with E-state index in [4.69, 9.17) is 9.51 Å². The second-order valence-electron chi connectivity index (χ2n) is 19.0. The first kappa shape index (κ1) is 47.8. The number of hydrogen-bond acceptors (Lipinski definition) is 13. The first-order valence-corrected chi connectivity index (χ1v) is 24.4. The predicted molar refractivity (Wildman–Crippen MR) is 267 cm³/mol. The quantitative estimate of drug-likeness (QED) is 0.0912. The van der Waals surface area contributed by atoms with Gasteiger partial charge >= 0.3 is 0 Å². The van der Waals surface area contributed by atoms with E-state index in [0.29, 0.717) is 74.0 Å². The van der Waals surface area contributed by atoms with Crippen molar-refractivity contribution < 1.29 is 42.1 Å². The third-order valence-corrected chi connectivity index (χ3v) is 14.2. The number of carbonyl (C=O) groups is 6. The van der Waals surface area contributed by atoms with Crippen molar-refractivity contribution in [1.82, 2.24) is 40.1 Å². The number of anilines is 3. The molecule has 18 nitrogen and oxygen atoms in total. The lowest BCUT2D eigenvalue weighted by Gasteiger charge is -2.38. The fraction of sp³-hybridized carbons (Fsp3) is 0.278. The van der Waals surface area contributed by atoms with Gasteiger partial charge in [0.15, 0.2) is 17.8 Å². The van der Waals surface area contributed by atoms with Crippen molar-refractivity contribution in [2.24, 2.45) is 0 Å². The average Bonchev–Trinajstić information content (AvgIpc) is 4.03. The zero-order chi connectivity index (χ0) is 51.4. The van der Waals surface area contributed by atoms with E-state index < -0.39 is 47.5 Å². The van der Waals surface area contributed by atoms with Gasteiger partial charge in [0.05, 0.1) is 64.6 Å². The molecule has 1 unspecified atom stereocenters. The van der Waals surface area contributed by atoms with Crippen molar-refractivity contribution in [1.29, 1.82) is 0 Å². The van der Waals surface area contributed by atoms with E-state index in [1.165, 1.54) is 12.1 Å². The summed E-state index contributed by atoms with van der Waals surface area (Å²) in [5.41, 5.74) is 8.09. The predicted octanol–water partition coefficient (Wildman–Crippen LogP) is 6.96. The number of aromatic nitrogens is 4. The molecule has 3 aromatic heterocycles. The molecule has 7 aromatic rings. The number of nitrogens with zero attached hydrogens (tertiary/aromatic N) is 7. The van der Waals surface area contributed by atoms with Gasteiger partial charge in [0.2, 0.25) is 17.7 Å². The summed E-state index contributed by atoms with van der Waals surface area (Å²) in [5, 5.41) is 15.2. The molecule has 4 aliphatic heterocycles. The Hall–Kier alpha value is -8.49. The lowest BCUT2D eigenvalue weighted by Crippen LogP contribution is -2.64. The van der Waals surface area contributed by atoms with Crippen LogP contribution in [0.15, 0.2) is 102 Å². The molecule has 0 spiro atoms. The number of likely N-dealkylation sites (tertiary alicyclic amines) is 1. The van der Waals surface area contributed by atoms with Crippen molar-refractivity contribution in [2.45, 2.75) is 70.7 Å². The highest BCUT2D eigenvalue weighted by Crippen LogP contribution is 2.41. The topological polar surface area (TPSA) is 217 Å². The summed E-state index contributed by atoms with van der Waals surface area (Å²) in [6, 6.07) is 25.1. The number of imide groups is 2. The van der Waals surface area contributed by atoms with Crippen LogP contribution in [0, 0.1) is 25.5 Å². The number of benzene rings is 4. The fourth-order valence-electron chi connectivity index (χ4n) is 10.7. The first-order chi connectivity index (χ1) is 35.8. The zero-order valence-electron chi connectivity index (χ0n) is 40.3. The van der Waals surface area contributed by atoms with E-state index in [9.17, 15) is 37.5 Å². The molecule has 4 aliphatic rings. The first-order valence-electron chi connectivity index (χ1n) is 24.4. The van der Waals surface area contributed by atoms with E-state index in [2.05, 4.69) is 40.9 Å². The lowest BCUT2D eigenvalue weighted by molar-refractivity contribution is -0.136. The molecule has 7 heterocycles. The average molecular weight is 1000 g/mol. The Morgan fingerprint density at radius 2 is 1.64 bits per heavy atom. The molecule has 0 aliphatic carbocycles. The van der Waals surface area contributed by atoms with E-state index in [1.54, 1.807) is 29.3 Å². The van der Waals surface area contributed by atoms with Gasteiger partial charge in [0, 0.05) is 60.7 Å². The number of amides is 6. The molecule has 74 heavy (non-hydrogen) atoms. The number of rotatable bonds is 12. The number of piperidine rings is 2. The number of hydrogen-bond donors (Lipinski definition) is 4. The number of piperazine rings is 1. The number of aryl methyl sites for hydroxylation is 2. The second kappa shape index (κ2) is 19.5. The standard InChI is InChI=1S/C54H49F2N11O7/c1-29-48(30(2)74-63-29)33-13-18-43-42(23-33)61-50(44-7-4-8-47(70)65(44)36-15-16-38(55)39(56)24-36)66(43)35-19-21-64(22-20-35)28-46(69)60-34-14-17-40(58-26-34)32-11-9-31(10-12-32)25-57-41-6-3-5-37-49(41)54(73)67(53(37)72)51-52(71)62-45(68)27-59-51/h3,5-6,9-18,23-24,26,35,44,51,57,59H,4,7-8,19-22,25,27-28H2,1-2H3,(H,60,69)(H,62,68,71)/t44-,51?/m0/s1. The van der Waals surface area contributed by atoms with Crippen LogP contribution in [-0.4, -0.2) is 97.3 Å². The van der Waals surface area contributed by atoms with Crippen LogP contribution in [0.25, 0.3) is 33.4 Å². The molecule has 0 bridgehead atoms. The Labute approximate surface area is 422 Å². The minimum Gasteiger partial charge on any atom is -0.380 e. The van der Waals surface area contributed by atoms with Gasteiger partial charge in [-0.25, -0.2) is 18.7 Å². The maximum atomic E-state index is 14.7. The molecular weight excluding hydrogens is 953 g/mol. The van der Waals surface area contributed by atoms with Crippen molar-refractivity contribution in [2.75, 3.05) is 41.7 Å². The molecule has 3 fully saturated rings. The van der Waals surface area contributed by atoms with Crippen LogP contribution in [0.2, 0.25) is 0 Å². The van der Waals surface area contributed by atoms with Crippen molar-refractivity contribution in [3.63, 3.8) is 0 Å². The monoisotopic (exact) mass is 1000 g/mol. The van der Waals surface area contributed by atoms with Crippen LogP contribution in [-0.2, 0) is 25.7 Å². The molecule has 0 saturated carbocycles. The van der Waals surface area contributed by atoms with Gasteiger partial charge in [-0.3, -0.25) is 49.3 Å². The Balaban J connectivity index is 0.729. The molecule has 376 valence electrons. The largest absolute Gasteiger partial charge is 0.380 e. The molecule has 4 N–H and O–H groups in total. The van der Waals surface area contributed by atoms with Gasteiger partial charge in [-0.2, -0.15) is 0 Å². The van der Waals surface area contributed by atoms with Crippen LogP contribution in [0.3, 0.4) is 0 Å². The third kappa shape index (κ3) is 8.95. The summed E-state index contributed by atoms with van der Waals surface area (Å²) in [6.07, 6.45) is 3.14. The van der Waals surface area contributed by atoms with E-state index in [1.807, 2.05) is 62.4 Å². The number of imidazole rings is 1. The molecule has 2 atom stereocenters. The Bertz CT molecular complexity index is 3400. The Morgan fingerprint density at radius 3 is 2.36 bits per heavy atom. The molecule has 4 aromatic carbocycles. The smallest absolute Gasteiger partial charge is 0.265 e. The third-order valence-electron chi connectivity index (χ3n) is 14.2. The maximum Gasteiger partial charge on any atom is 0.265 e. The van der Waals surface area contributed by atoms with Gasteiger partial charge in [0.1, 0.15) is 11.6 Å². The maximum absolute atomic E-state index is 14.7. The lowest BCUT2D eigenvalue weighted by atomic mass is 9.98. The van der Waals surface area contributed by atoms with Crippen molar-refractivity contribution in [3.8, 4) is 22.4 Å². The van der Waals surface area contributed by atoms with Gasteiger partial charge in [-0.1, -0.05) is 41.6 Å². The number of pyridine rings is 1. The number of fused-ring (bicyclic) bond motifs is 2. The molecule has 3 saturated heterocycles. The summed E-state index contributed by atoms with van der Waals surface area (Å²) in [4.78, 5) is 92.2. The summed E-state index contributed by atoms with van der Waals surface area (Å²) < 4.78 is 36.5. The highest BCUT2D eigenvalue weighted by molar-refractivity contribution is 6.25. The SMILES string of the molecule is Cc1noc(C)c1-c1ccc2c(c1)nc([C@@H]1CCCC(=O)N1c1ccc(F)c(F)c1)n2C1CCN(CC(=O)Nc2ccc(-c3ccc(CNc4cccc5c4C(=O)N(C4NCC(=O)NC4=O)C5=O)cc3)nc2)CC1. The highest BCUT2D eigenvalue weighted by Gasteiger charge is 2.46. The Kier molecular flexibility index (Phi) is 12.6. The van der Waals surface area contributed by atoms with Crippen LogP contribution in [0.4, 0.5) is 25.8 Å². The zero-order valence-corrected chi connectivity index (χ0v) is 40.3. The number of carbonyl (C=O) groups excluding carboxylic acids is 6. The van der Waals surface area contributed by atoms with Crippen molar-refractivity contribution in [3.05, 3.63) is 143 Å². The Morgan fingerprint density at radius 1 is 0.838 bits per heavy atom. The summed E-state index contributed by atoms with van der Waals surface area (Å²) in [5.74, 6) is -3.65. The number of halogens is 2. The van der Waals surface area contributed by atoms with E-state index >= 15 is 0 Å². The number of nitrogens with one attached hydrogen (secondary N) is 4. The minimum absolute atomic E-state index is 0.0368. The van der Waals surface area contributed by atoms with Crippen LogP contribution in [0.5, 0.6) is 0 Å². The molecule has 11 rings (SSSR count). The van der Waals surface area contributed by atoms with Gasteiger partial charge in [0.25, 0.3) is 17.7 Å². The minimum atomic E-state index is -1.30.